The molecule has 0 fully saturated rings. The van der Waals surface area contributed by atoms with Crippen molar-refractivity contribution >= 4 is 96.9 Å². The molecule has 47 heavy (non-hydrogen) atoms. The summed E-state index contributed by atoms with van der Waals surface area (Å²) in [5.74, 6) is 1.61. The van der Waals surface area contributed by atoms with Crippen LogP contribution in [0.2, 0.25) is 0 Å². The van der Waals surface area contributed by atoms with Gasteiger partial charge in [0.05, 0.1) is 21.3 Å². The Bertz CT molecular complexity index is 3090. The van der Waals surface area contributed by atoms with Crippen molar-refractivity contribution in [2.24, 2.45) is 0 Å². The van der Waals surface area contributed by atoms with Crippen molar-refractivity contribution in [1.29, 1.82) is 0 Å². The summed E-state index contributed by atoms with van der Waals surface area (Å²) in [4.78, 5) is 10.8. The van der Waals surface area contributed by atoms with Crippen molar-refractivity contribution in [1.82, 2.24) is 14.5 Å². The molecule has 0 saturated heterocycles. The number of aromatic nitrogens is 3. The third-order valence-corrected chi connectivity index (χ3v) is 10.7. The zero-order valence-electron chi connectivity index (χ0n) is 24.9. The monoisotopic (exact) mass is 617 g/mol. The second-order valence-corrected chi connectivity index (χ2v) is 13.3. The molecule has 0 saturated carbocycles. The van der Waals surface area contributed by atoms with Gasteiger partial charge in [0.25, 0.3) is 0 Å². The zero-order valence-corrected chi connectivity index (χ0v) is 25.8. The van der Waals surface area contributed by atoms with Gasteiger partial charge in [0.1, 0.15) is 11.2 Å². The van der Waals surface area contributed by atoms with Gasteiger partial charge in [-0.15, -0.1) is 11.3 Å². The molecule has 4 aromatic heterocycles. The molecule has 4 heterocycles. The van der Waals surface area contributed by atoms with Gasteiger partial charge in [-0.05, 0) is 64.0 Å². The Morgan fingerprint density at radius 2 is 1.21 bits per heavy atom. The van der Waals surface area contributed by atoms with Crippen molar-refractivity contribution in [2.45, 2.75) is 0 Å². The van der Waals surface area contributed by atoms with Crippen LogP contribution in [0.25, 0.3) is 103 Å². The molecule has 11 rings (SSSR count). The third-order valence-electron chi connectivity index (χ3n) is 9.55. The predicted octanol–water partition coefficient (Wildman–Crippen LogP) is 11.8. The molecule has 0 atom stereocenters. The number of nitrogens with zero attached hydrogens (tertiary/aromatic N) is 3. The fraction of sp³-hybridized carbons (Fsp3) is 0. The van der Waals surface area contributed by atoms with Gasteiger partial charge < -0.3 is 4.42 Å². The van der Waals surface area contributed by atoms with Crippen LogP contribution >= 0.6 is 11.3 Å². The van der Waals surface area contributed by atoms with Crippen LogP contribution in [0.5, 0.6) is 0 Å². The Kier molecular flexibility index (Phi) is 4.96. The number of hydrogen-bond acceptors (Lipinski definition) is 4. The molecule has 0 bridgehead atoms. The lowest BCUT2D eigenvalue weighted by atomic mass is 10.1. The molecular weight excluding hydrogens is 595 g/mol. The summed E-state index contributed by atoms with van der Waals surface area (Å²) in [6.07, 6.45) is 0. The molecule has 7 aromatic carbocycles. The Hall–Kier alpha value is -6.04. The van der Waals surface area contributed by atoms with Crippen molar-refractivity contribution in [3.63, 3.8) is 0 Å². The minimum atomic E-state index is 0.715. The summed E-state index contributed by atoms with van der Waals surface area (Å²) in [6.45, 7) is 0. The molecule has 0 unspecified atom stereocenters. The maximum Gasteiger partial charge on any atom is 0.162 e. The van der Waals surface area contributed by atoms with E-state index in [-0.39, 0.29) is 0 Å². The van der Waals surface area contributed by atoms with Crippen LogP contribution in [0.3, 0.4) is 0 Å². The van der Waals surface area contributed by atoms with Crippen molar-refractivity contribution < 1.29 is 4.42 Å². The Labute approximate surface area is 271 Å². The van der Waals surface area contributed by atoms with E-state index in [4.69, 9.17) is 14.4 Å². The number of thiophene rings is 1. The standard InChI is InChI=1S/C42H23N3OS/c1-2-10-25-19-28(18-17-24(25)9-1)41-43-39-33-20-26-11-3-4-12-27(26)21-38(33)47-40(39)42(44-41)45-34-15-7-5-13-29(34)31-23-37-32(22-35(31)45)30-14-6-8-16-36(30)46-37/h1-23H. The summed E-state index contributed by atoms with van der Waals surface area (Å²) in [7, 11) is 0. The minimum Gasteiger partial charge on any atom is -0.456 e. The molecule has 0 radical (unpaired) electrons. The molecule has 0 spiro atoms. The smallest absolute Gasteiger partial charge is 0.162 e. The predicted molar refractivity (Wildman–Crippen MR) is 197 cm³/mol. The van der Waals surface area contributed by atoms with Gasteiger partial charge in [0.2, 0.25) is 0 Å². The summed E-state index contributed by atoms with van der Waals surface area (Å²) in [5.41, 5.74) is 5.95. The van der Waals surface area contributed by atoms with Gasteiger partial charge in [-0.25, -0.2) is 9.97 Å². The first-order chi connectivity index (χ1) is 23.3. The van der Waals surface area contributed by atoms with E-state index in [2.05, 4.69) is 132 Å². The van der Waals surface area contributed by atoms with E-state index >= 15 is 0 Å². The van der Waals surface area contributed by atoms with E-state index in [0.717, 1.165) is 70.7 Å². The van der Waals surface area contributed by atoms with E-state index in [1.807, 2.05) is 12.1 Å². The van der Waals surface area contributed by atoms with Gasteiger partial charge in [0.15, 0.2) is 11.6 Å². The van der Waals surface area contributed by atoms with Crippen LogP contribution in [0.15, 0.2) is 144 Å². The number of furan rings is 1. The first kappa shape index (κ1) is 25.2. The molecule has 0 aliphatic heterocycles. The Morgan fingerprint density at radius 1 is 0.489 bits per heavy atom. The molecule has 0 amide bonds. The van der Waals surface area contributed by atoms with Gasteiger partial charge in [-0.3, -0.25) is 4.57 Å². The Morgan fingerprint density at radius 3 is 2.09 bits per heavy atom. The summed E-state index contributed by atoms with van der Waals surface area (Å²) < 4.78 is 11.0. The highest BCUT2D eigenvalue weighted by molar-refractivity contribution is 7.26. The highest BCUT2D eigenvalue weighted by atomic mass is 32.1. The van der Waals surface area contributed by atoms with Crippen LogP contribution in [0.1, 0.15) is 0 Å². The number of fused-ring (bicyclic) bond motifs is 11. The zero-order chi connectivity index (χ0) is 30.6. The molecule has 0 aliphatic rings. The van der Waals surface area contributed by atoms with Crippen LogP contribution in [0.4, 0.5) is 0 Å². The SMILES string of the molecule is c1ccc2cc(-c3nc(-n4c5ccccc5c5cc6oc7ccccc7c6cc54)c4sc5cc6ccccc6cc5c4n3)ccc2c1. The molecule has 0 aliphatic carbocycles. The number of rotatable bonds is 2. The lowest BCUT2D eigenvalue weighted by Gasteiger charge is -2.11. The topological polar surface area (TPSA) is 43.9 Å². The normalized spacial score (nSPS) is 12.3. The summed E-state index contributed by atoms with van der Waals surface area (Å²) >= 11 is 1.77. The van der Waals surface area contributed by atoms with Crippen LogP contribution in [0, 0.1) is 0 Å². The molecule has 5 heteroatoms. The summed E-state index contributed by atoms with van der Waals surface area (Å²) in [5, 5.41) is 10.5. The van der Waals surface area contributed by atoms with Gasteiger partial charge in [0, 0.05) is 37.2 Å². The first-order valence-corrected chi connectivity index (χ1v) is 16.6. The van der Waals surface area contributed by atoms with Gasteiger partial charge in [-0.2, -0.15) is 0 Å². The average Bonchev–Trinajstić information content (AvgIpc) is 3.78. The fourth-order valence-electron chi connectivity index (χ4n) is 7.34. The van der Waals surface area contributed by atoms with Gasteiger partial charge in [-0.1, -0.05) is 97.1 Å². The molecule has 218 valence electrons. The van der Waals surface area contributed by atoms with E-state index in [0.29, 0.717) is 5.82 Å². The lowest BCUT2D eigenvalue weighted by Crippen LogP contribution is -2.01. The van der Waals surface area contributed by atoms with Crippen molar-refractivity contribution in [2.75, 3.05) is 0 Å². The first-order valence-electron chi connectivity index (χ1n) is 15.7. The summed E-state index contributed by atoms with van der Waals surface area (Å²) in [6, 6.07) is 49.5. The van der Waals surface area contributed by atoms with Crippen molar-refractivity contribution in [3.8, 4) is 17.2 Å². The minimum absolute atomic E-state index is 0.715. The van der Waals surface area contributed by atoms with E-state index in [9.17, 15) is 0 Å². The van der Waals surface area contributed by atoms with E-state index in [1.54, 1.807) is 11.3 Å². The Balaban J connectivity index is 1.31. The number of benzene rings is 7. The maximum absolute atomic E-state index is 6.35. The van der Waals surface area contributed by atoms with E-state index in [1.165, 1.54) is 26.2 Å². The van der Waals surface area contributed by atoms with Crippen molar-refractivity contribution in [3.05, 3.63) is 140 Å². The fourth-order valence-corrected chi connectivity index (χ4v) is 8.49. The van der Waals surface area contributed by atoms with Gasteiger partial charge >= 0.3 is 0 Å². The third kappa shape index (κ3) is 3.57. The average molecular weight is 618 g/mol. The molecule has 0 N–H and O–H groups in total. The highest BCUT2D eigenvalue weighted by Gasteiger charge is 2.22. The van der Waals surface area contributed by atoms with Crippen LogP contribution in [-0.4, -0.2) is 14.5 Å². The highest BCUT2D eigenvalue weighted by Crippen LogP contribution is 2.43. The largest absolute Gasteiger partial charge is 0.456 e. The molecule has 11 aromatic rings. The van der Waals surface area contributed by atoms with Crippen LogP contribution < -0.4 is 0 Å². The lowest BCUT2D eigenvalue weighted by molar-refractivity contribution is 0.669. The number of para-hydroxylation sites is 2. The quantitative estimate of drug-likeness (QED) is 0.194. The molecular formula is C42H23N3OS. The second-order valence-electron chi connectivity index (χ2n) is 12.2. The molecule has 4 nitrogen and oxygen atoms in total. The van der Waals surface area contributed by atoms with E-state index < -0.39 is 0 Å². The number of hydrogen-bond donors (Lipinski definition) is 0. The van der Waals surface area contributed by atoms with Crippen LogP contribution in [-0.2, 0) is 0 Å². The maximum atomic E-state index is 6.35. The second kappa shape index (κ2) is 9.25.